The summed E-state index contributed by atoms with van der Waals surface area (Å²) in [5.41, 5.74) is 3.41. The molecular formula is C14H17BrN2O4. The Morgan fingerprint density at radius 3 is 3.00 bits per heavy atom. The summed E-state index contributed by atoms with van der Waals surface area (Å²) >= 11 is 3.48. The summed E-state index contributed by atoms with van der Waals surface area (Å²) in [6.07, 6.45) is 1.85. The molecule has 1 amide bonds. The maximum atomic E-state index is 11.4. The first-order valence-corrected chi connectivity index (χ1v) is 7.41. The van der Waals surface area contributed by atoms with Crippen LogP contribution < -0.4 is 10.2 Å². The van der Waals surface area contributed by atoms with E-state index in [9.17, 15) is 4.79 Å². The van der Waals surface area contributed by atoms with Crippen LogP contribution in [0.4, 0.5) is 0 Å². The fraction of sp³-hybridized carbons (Fsp3) is 0.429. The molecule has 1 unspecified atom stereocenters. The lowest BCUT2D eigenvalue weighted by Crippen LogP contribution is -2.31. The molecule has 0 aliphatic carbocycles. The summed E-state index contributed by atoms with van der Waals surface area (Å²) in [6.45, 7) is 2.21. The standard InChI is InChI=1S/C14H17BrN2O4/c1-3-4-8-5-9(6-10(15)12(8)20-2)14-16-11(7-21-14)13(18)17-19/h5-6,11,19H,3-4,7H2,1-2H3,(H,17,18). The lowest BCUT2D eigenvalue weighted by atomic mass is 10.1. The SMILES string of the molecule is CCCc1cc(C2=NC(C(=O)NO)CO2)cc(Br)c1OC. The third-order valence-corrected chi connectivity index (χ3v) is 3.74. The number of benzene rings is 1. The number of hydrogen-bond acceptors (Lipinski definition) is 5. The molecule has 0 saturated carbocycles. The van der Waals surface area contributed by atoms with Crippen molar-refractivity contribution >= 4 is 27.7 Å². The number of methoxy groups -OCH3 is 1. The molecule has 0 radical (unpaired) electrons. The largest absolute Gasteiger partial charge is 0.495 e. The minimum atomic E-state index is -0.722. The van der Waals surface area contributed by atoms with Gasteiger partial charge in [-0.3, -0.25) is 10.0 Å². The zero-order chi connectivity index (χ0) is 15.4. The van der Waals surface area contributed by atoms with E-state index in [0.717, 1.165) is 34.2 Å². The van der Waals surface area contributed by atoms with Gasteiger partial charge in [0.25, 0.3) is 5.91 Å². The molecule has 0 aromatic heterocycles. The molecule has 0 bridgehead atoms. The Balaban J connectivity index is 2.35. The van der Waals surface area contributed by atoms with Gasteiger partial charge in [0, 0.05) is 5.56 Å². The van der Waals surface area contributed by atoms with Gasteiger partial charge in [-0.2, -0.15) is 0 Å². The van der Waals surface area contributed by atoms with Crippen LogP contribution in [0.3, 0.4) is 0 Å². The highest BCUT2D eigenvalue weighted by Crippen LogP contribution is 2.32. The lowest BCUT2D eigenvalue weighted by Gasteiger charge is -2.12. The smallest absolute Gasteiger partial charge is 0.271 e. The highest BCUT2D eigenvalue weighted by atomic mass is 79.9. The highest BCUT2D eigenvalue weighted by molar-refractivity contribution is 9.10. The van der Waals surface area contributed by atoms with E-state index in [0.29, 0.717) is 5.90 Å². The molecule has 0 spiro atoms. The van der Waals surface area contributed by atoms with Crippen molar-refractivity contribution in [2.75, 3.05) is 13.7 Å². The summed E-state index contributed by atoms with van der Waals surface area (Å²) in [6, 6.07) is 3.07. The van der Waals surface area contributed by atoms with Crippen LogP contribution in [0.2, 0.25) is 0 Å². The Morgan fingerprint density at radius 2 is 2.38 bits per heavy atom. The maximum absolute atomic E-state index is 11.4. The number of halogens is 1. The number of rotatable bonds is 5. The second-order valence-corrected chi connectivity index (χ2v) is 5.49. The van der Waals surface area contributed by atoms with Gasteiger partial charge in [0.1, 0.15) is 12.4 Å². The van der Waals surface area contributed by atoms with Gasteiger partial charge in [0.2, 0.25) is 5.90 Å². The van der Waals surface area contributed by atoms with Crippen LogP contribution in [0.15, 0.2) is 21.6 Å². The maximum Gasteiger partial charge on any atom is 0.271 e. The van der Waals surface area contributed by atoms with Crippen LogP contribution in [0, 0.1) is 0 Å². The molecule has 6 nitrogen and oxygen atoms in total. The van der Waals surface area contributed by atoms with Crippen molar-refractivity contribution < 1.29 is 19.5 Å². The van der Waals surface area contributed by atoms with Crippen molar-refractivity contribution in [3.8, 4) is 5.75 Å². The summed E-state index contributed by atoms with van der Waals surface area (Å²) in [5.74, 6) is 0.611. The van der Waals surface area contributed by atoms with Crippen LogP contribution in [0.1, 0.15) is 24.5 Å². The Morgan fingerprint density at radius 1 is 1.62 bits per heavy atom. The van der Waals surface area contributed by atoms with Crippen LogP contribution in [0.25, 0.3) is 0 Å². The van der Waals surface area contributed by atoms with Gasteiger partial charge in [-0.1, -0.05) is 13.3 Å². The van der Waals surface area contributed by atoms with Crippen molar-refractivity contribution in [1.29, 1.82) is 0 Å². The number of nitrogens with zero attached hydrogens (tertiary/aromatic N) is 1. The van der Waals surface area contributed by atoms with E-state index >= 15 is 0 Å². The molecule has 1 aliphatic rings. The molecule has 1 aromatic rings. The molecule has 2 rings (SSSR count). The third-order valence-electron chi connectivity index (χ3n) is 3.15. The molecule has 1 heterocycles. The van der Waals surface area contributed by atoms with Gasteiger partial charge >= 0.3 is 0 Å². The predicted molar refractivity (Wildman–Crippen MR) is 80.9 cm³/mol. The first-order valence-electron chi connectivity index (χ1n) is 6.62. The average molecular weight is 357 g/mol. The fourth-order valence-electron chi connectivity index (χ4n) is 2.20. The molecule has 114 valence electrons. The van der Waals surface area contributed by atoms with Crippen LogP contribution >= 0.6 is 15.9 Å². The number of aryl methyl sites for hydroxylation is 1. The van der Waals surface area contributed by atoms with Gasteiger partial charge in [-0.15, -0.1) is 0 Å². The lowest BCUT2D eigenvalue weighted by molar-refractivity contribution is -0.130. The minimum absolute atomic E-state index is 0.120. The number of aliphatic imine (C=N–C) groups is 1. The predicted octanol–water partition coefficient (Wildman–Crippen LogP) is 2.06. The van der Waals surface area contributed by atoms with Gasteiger partial charge in [0.15, 0.2) is 6.04 Å². The number of amides is 1. The van der Waals surface area contributed by atoms with Crippen molar-refractivity contribution in [3.63, 3.8) is 0 Å². The number of carbonyl (C=O) groups excluding carboxylic acids is 1. The Kier molecular flexibility index (Phi) is 5.19. The number of hydroxylamine groups is 1. The third kappa shape index (κ3) is 3.36. The van der Waals surface area contributed by atoms with E-state index in [1.165, 1.54) is 0 Å². The average Bonchev–Trinajstić information content (AvgIpc) is 2.96. The first-order chi connectivity index (χ1) is 10.1. The van der Waals surface area contributed by atoms with Crippen LogP contribution in [0.5, 0.6) is 5.75 Å². The Labute approximate surface area is 131 Å². The van der Waals surface area contributed by atoms with Gasteiger partial charge < -0.3 is 9.47 Å². The monoisotopic (exact) mass is 356 g/mol. The van der Waals surface area contributed by atoms with Crippen LogP contribution in [-0.2, 0) is 16.0 Å². The van der Waals surface area contributed by atoms with Crippen molar-refractivity contribution in [2.45, 2.75) is 25.8 Å². The molecule has 7 heteroatoms. The van der Waals surface area contributed by atoms with E-state index in [4.69, 9.17) is 14.7 Å². The van der Waals surface area contributed by atoms with Crippen molar-refractivity contribution in [2.24, 2.45) is 4.99 Å². The van der Waals surface area contributed by atoms with Crippen molar-refractivity contribution in [1.82, 2.24) is 5.48 Å². The van der Waals surface area contributed by atoms with Gasteiger partial charge in [0.05, 0.1) is 11.6 Å². The fourth-order valence-corrected chi connectivity index (χ4v) is 2.86. The molecule has 0 fully saturated rings. The molecule has 2 N–H and O–H groups in total. The molecule has 1 aliphatic heterocycles. The summed E-state index contributed by atoms with van der Waals surface area (Å²) in [5, 5.41) is 8.63. The molecule has 1 aromatic carbocycles. The molecule has 0 saturated heterocycles. The van der Waals surface area contributed by atoms with Gasteiger partial charge in [-0.25, -0.2) is 10.5 Å². The number of ether oxygens (including phenoxy) is 2. The zero-order valence-corrected chi connectivity index (χ0v) is 13.4. The summed E-state index contributed by atoms with van der Waals surface area (Å²) < 4.78 is 11.7. The van der Waals surface area contributed by atoms with E-state index < -0.39 is 11.9 Å². The second-order valence-electron chi connectivity index (χ2n) is 4.64. The number of nitrogens with one attached hydrogen (secondary N) is 1. The minimum Gasteiger partial charge on any atom is -0.495 e. The van der Waals surface area contributed by atoms with E-state index in [-0.39, 0.29) is 6.61 Å². The number of hydrogen-bond donors (Lipinski definition) is 2. The Hall–Kier alpha value is -1.60. The van der Waals surface area contributed by atoms with Gasteiger partial charge in [-0.05, 0) is 40.0 Å². The summed E-state index contributed by atoms with van der Waals surface area (Å²) in [4.78, 5) is 15.5. The van der Waals surface area contributed by atoms with E-state index in [1.54, 1.807) is 12.6 Å². The van der Waals surface area contributed by atoms with E-state index in [2.05, 4.69) is 27.8 Å². The zero-order valence-electron chi connectivity index (χ0n) is 11.9. The Bertz CT molecular complexity index is 574. The van der Waals surface area contributed by atoms with E-state index in [1.807, 2.05) is 12.1 Å². The molecule has 21 heavy (non-hydrogen) atoms. The normalized spacial score (nSPS) is 17.1. The summed E-state index contributed by atoms with van der Waals surface area (Å²) in [7, 11) is 1.63. The quantitative estimate of drug-likeness (QED) is 0.625. The molecule has 1 atom stereocenters. The topological polar surface area (TPSA) is 80.2 Å². The number of carbonyl (C=O) groups is 1. The first kappa shape index (κ1) is 15.8. The second kappa shape index (κ2) is 6.91. The highest BCUT2D eigenvalue weighted by Gasteiger charge is 2.27. The van der Waals surface area contributed by atoms with Crippen molar-refractivity contribution in [3.05, 3.63) is 27.7 Å². The van der Waals surface area contributed by atoms with Crippen LogP contribution in [-0.4, -0.2) is 36.8 Å². The molecular weight excluding hydrogens is 340 g/mol.